The normalized spacial score (nSPS) is 31.9. The summed E-state index contributed by atoms with van der Waals surface area (Å²) in [6, 6.07) is 13.5. The van der Waals surface area contributed by atoms with Crippen molar-refractivity contribution < 1.29 is 28.4 Å². The van der Waals surface area contributed by atoms with Gasteiger partial charge >= 0.3 is 0 Å². The number of anilines is 1. The molecule has 1 fully saturated rings. The summed E-state index contributed by atoms with van der Waals surface area (Å²) >= 11 is 6.47. The fourth-order valence-corrected chi connectivity index (χ4v) is 11.9. The fraction of sp³-hybridized carbons (Fsp3) is 0.524. The van der Waals surface area contributed by atoms with Crippen molar-refractivity contribution in [2.75, 3.05) is 43.2 Å². The predicted octanol–water partition coefficient (Wildman–Crippen LogP) is 7.05. The summed E-state index contributed by atoms with van der Waals surface area (Å²) in [5.41, 5.74) is 4.78. The van der Waals surface area contributed by atoms with Crippen LogP contribution >= 0.6 is 11.6 Å². The average molecular weight is 760 g/mol. The standard InChI is InChI=1S/C42H50ClN3O6S/c1-27-5-3-7-39(51-2)35-11-8-30(35)21-46-25-42(15-4-6-28-17-32(43)10-12-36(28)42)26-52-40-13-9-29(19-37(40)46)41(49)44-53(50,23-27)24-38(48)31-18-33-20-34(47)14-16-45(33)22-31/h3,7,9-10,12-13,17-19,22,27,30,34-35,39,47H,4-6,8,11,14-16,20-21,23-26H2,1-2H3/b7-3+/t27-,30-,34?,35+,39-,42-,53+/m0/s1. The van der Waals surface area contributed by atoms with Crippen LogP contribution in [0.2, 0.25) is 5.02 Å². The van der Waals surface area contributed by atoms with E-state index in [1.807, 2.05) is 29.7 Å². The van der Waals surface area contributed by atoms with E-state index in [0.717, 1.165) is 61.6 Å². The molecule has 1 spiro atoms. The summed E-state index contributed by atoms with van der Waals surface area (Å²) in [4.78, 5) is 30.3. The molecule has 1 unspecified atom stereocenters. The lowest BCUT2D eigenvalue weighted by atomic mass is 9.68. The van der Waals surface area contributed by atoms with Crippen LogP contribution in [0.25, 0.3) is 0 Å². The van der Waals surface area contributed by atoms with Crippen molar-refractivity contribution in [2.45, 2.75) is 82.5 Å². The number of aromatic nitrogens is 1. The van der Waals surface area contributed by atoms with Crippen LogP contribution < -0.4 is 9.64 Å². The van der Waals surface area contributed by atoms with Gasteiger partial charge < -0.3 is 24.0 Å². The zero-order valence-corrected chi connectivity index (χ0v) is 32.2. The molecule has 1 amide bonds. The number of nitrogens with zero attached hydrogens (tertiary/aromatic N) is 3. The molecule has 1 saturated carbocycles. The van der Waals surface area contributed by atoms with E-state index < -0.39 is 21.7 Å². The van der Waals surface area contributed by atoms with E-state index in [9.17, 15) is 18.9 Å². The Bertz CT molecular complexity index is 2070. The lowest BCUT2D eigenvalue weighted by molar-refractivity contribution is 0.0131. The van der Waals surface area contributed by atoms with Gasteiger partial charge in [-0.1, -0.05) is 36.7 Å². The molecule has 4 heterocycles. The van der Waals surface area contributed by atoms with Gasteiger partial charge in [0, 0.05) is 72.4 Å². The van der Waals surface area contributed by atoms with Gasteiger partial charge in [0.05, 0.1) is 40.0 Å². The maximum absolute atomic E-state index is 14.8. The fourth-order valence-electron chi connectivity index (χ4n) is 9.48. The molecule has 0 saturated heterocycles. The highest BCUT2D eigenvalue weighted by Crippen LogP contribution is 2.47. The van der Waals surface area contributed by atoms with Gasteiger partial charge in [-0.3, -0.25) is 9.59 Å². The number of methoxy groups -OCH3 is 1. The second-order valence-corrected chi connectivity index (χ2v) is 19.0. The van der Waals surface area contributed by atoms with Gasteiger partial charge in [0.15, 0.2) is 5.78 Å². The highest BCUT2D eigenvalue weighted by molar-refractivity contribution is 7.94. The number of hydrogen-bond donors (Lipinski definition) is 1. The van der Waals surface area contributed by atoms with E-state index in [4.69, 9.17) is 21.1 Å². The summed E-state index contributed by atoms with van der Waals surface area (Å²) in [5.74, 6) is 0.218. The van der Waals surface area contributed by atoms with Crippen molar-refractivity contribution in [2.24, 2.45) is 22.1 Å². The first-order valence-electron chi connectivity index (χ1n) is 19.2. The first-order chi connectivity index (χ1) is 25.5. The van der Waals surface area contributed by atoms with Crippen molar-refractivity contribution in [3.63, 3.8) is 0 Å². The maximum atomic E-state index is 14.8. The number of rotatable bonds is 4. The van der Waals surface area contributed by atoms with Crippen LogP contribution in [0.5, 0.6) is 5.75 Å². The van der Waals surface area contributed by atoms with Gasteiger partial charge in [-0.05, 0) is 110 Å². The highest BCUT2D eigenvalue weighted by atomic mass is 35.5. The molecule has 11 heteroatoms. The van der Waals surface area contributed by atoms with E-state index in [1.54, 1.807) is 25.4 Å². The van der Waals surface area contributed by atoms with Crippen LogP contribution in [-0.2, 0) is 39.3 Å². The molecule has 5 aliphatic rings. The van der Waals surface area contributed by atoms with Crippen LogP contribution in [0.15, 0.2) is 65.2 Å². The molecule has 7 atom stereocenters. The predicted molar refractivity (Wildman–Crippen MR) is 208 cm³/mol. The molecule has 8 rings (SSSR count). The summed E-state index contributed by atoms with van der Waals surface area (Å²) in [6.07, 6.45) is 12.4. The van der Waals surface area contributed by atoms with Crippen molar-refractivity contribution in [3.8, 4) is 5.75 Å². The summed E-state index contributed by atoms with van der Waals surface area (Å²) in [5, 5.41) is 10.9. The Morgan fingerprint density at radius 1 is 1.17 bits per heavy atom. The number of benzene rings is 2. The van der Waals surface area contributed by atoms with Crippen molar-refractivity contribution in [3.05, 3.63) is 93.8 Å². The molecule has 1 N–H and O–H groups in total. The topological polar surface area (TPSA) is 110 Å². The molecule has 53 heavy (non-hydrogen) atoms. The minimum Gasteiger partial charge on any atom is -0.490 e. The minimum atomic E-state index is -3.31. The number of carbonyl (C=O) groups excluding carboxylic acids is 2. The zero-order valence-electron chi connectivity index (χ0n) is 30.7. The molecule has 1 aromatic heterocycles. The van der Waals surface area contributed by atoms with Crippen LogP contribution in [0, 0.1) is 17.8 Å². The monoisotopic (exact) mass is 759 g/mol. The Hall–Kier alpha value is -3.44. The SMILES string of the molecule is CO[C@H]1/C=C/C[C@H](C)C[S@@](=O)(CC(=O)c2cc3n(c2)CCC(O)C3)=NC(=O)c2ccc3c(c2)N(C[C@@H]2CC[C@H]21)C[C@@]1(CCCc2cc(Cl)ccc21)CO3. The maximum Gasteiger partial charge on any atom is 0.285 e. The van der Waals surface area contributed by atoms with E-state index in [-0.39, 0.29) is 34.7 Å². The van der Waals surface area contributed by atoms with Crippen molar-refractivity contribution in [1.82, 2.24) is 4.57 Å². The molecule has 3 aromatic rings. The van der Waals surface area contributed by atoms with Crippen LogP contribution in [0.4, 0.5) is 5.69 Å². The van der Waals surface area contributed by atoms with Crippen molar-refractivity contribution in [1.29, 1.82) is 0 Å². The molecule has 9 nitrogen and oxygen atoms in total. The van der Waals surface area contributed by atoms with Gasteiger partial charge in [0.2, 0.25) is 0 Å². The number of halogens is 1. The first kappa shape index (κ1) is 36.5. The third-order valence-electron chi connectivity index (χ3n) is 12.4. The van der Waals surface area contributed by atoms with Gasteiger partial charge in [-0.25, -0.2) is 4.21 Å². The average Bonchev–Trinajstić information content (AvgIpc) is 3.48. The molecular weight excluding hydrogens is 710 g/mol. The Balaban J connectivity index is 1.18. The number of ether oxygens (including phenoxy) is 2. The lowest BCUT2D eigenvalue weighted by Gasteiger charge is -2.46. The minimum absolute atomic E-state index is 0.0500. The first-order valence-corrected chi connectivity index (χ1v) is 21.4. The van der Waals surface area contributed by atoms with Crippen molar-refractivity contribution >= 4 is 38.7 Å². The van der Waals surface area contributed by atoms with Gasteiger partial charge in [0.1, 0.15) is 5.75 Å². The molecular formula is C42H50ClN3O6S. The van der Waals surface area contributed by atoms with Gasteiger partial charge in [-0.15, -0.1) is 0 Å². The summed E-state index contributed by atoms with van der Waals surface area (Å²) in [7, 11) is -1.53. The van der Waals surface area contributed by atoms with Gasteiger partial charge in [0.25, 0.3) is 5.91 Å². The smallest absolute Gasteiger partial charge is 0.285 e. The summed E-state index contributed by atoms with van der Waals surface area (Å²) < 4.78 is 34.0. The number of aryl methyl sites for hydroxylation is 2. The number of ketones is 1. The van der Waals surface area contributed by atoms with Crippen LogP contribution in [0.1, 0.15) is 83.0 Å². The van der Waals surface area contributed by atoms with Crippen LogP contribution in [0.3, 0.4) is 0 Å². The Kier molecular flexibility index (Phi) is 10.1. The number of amides is 1. The second-order valence-electron chi connectivity index (χ2n) is 16.2. The van der Waals surface area contributed by atoms with E-state index in [0.29, 0.717) is 61.1 Å². The lowest BCUT2D eigenvalue weighted by Crippen LogP contribution is -2.49. The molecule has 2 bridgehead atoms. The highest BCUT2D eigenvalue weighted by Gasteiger charge is 2.44. The van der Waals surface area contributed by atoms with Gasteiger partial charge in [-0.2, -0.15) is 4.36 Å². The number of fused-ring (bicyclic) bond motifs is 5. The van der Waals surface area contributed by atoms with E-state index in [2.05, 4.69) is 33.5 Å². The molecule has 2 aliphatic carbocycles. The number of hydrogen-bond acceptors (Lipinski definition) is 7. The van der Waals surface area contributed by atoms with E-state index >= 15 is 0 Å². The number of aliphatic hydroxyl groups is 1. The zero-order chi connectivity index (χ0) is 36.9. The second kappa shape index (κ2) is 14.7. The third-order valence-corrected chi connectivity index (χ3v) is 14.9. The Morgan fingerprint density at radius 2 is 2.04 bits per heavy atom. The van der Waals surface area contributed by atoms with E-state index in [1.165, 1.54) is 11.1 Å². The molecule has 3 aliphatic heterocycles. The number of carbonyl (C=O) groups is 2. The number of Topliss-reactive ketones (excluding diaryl/α,β-unsaturated/α-hetero) is 1. The molecule has 282 valence electrons. The largest absolute Gasteiger partial charge is 0.490 e. The molecule has 2 aromatic carbocycles. The van der Waals surface area contributed by atoms with Crippen LogP contribution in [-0.4, -0.2) is 76.1 Å². The summed E-state index contributed by atoms with van der Waals surface area (Å²) in [6.45, 7) is 4.64. The Morgan fingerprint density at radius 3 is 2.85 bits per heavy atom. The quantitative estimate of drug-likeness (QED) is 0.224. The Labute approximate surface area is 317 Å². The third kappa shape index (κ3) is 7.36. The number of aliphatic hydroxyl groups excluding tert-OH is 1. The molecule has 0 radical (unpaired) electrons. The number of allylic oxidation sites excluding steroid dienone is 1.